The lowest BCUT2D eigenvalue weighted by Crippen LogP contribution is -2.03. The maximum Gasteiger partial charge on any atom is 0.257 e. The van der Waals surface area contributed by atoms with Crippen LogP contribution in [0.3, 0.4) is 0 Å². The van der Waals surface area contributed by atoms with Crippen molar-refractivity contribution in [3.63, 3.8) is 0 Å². The predicted octanol–water partition coefficient (Wildman–Crippen LogP) is 1.44. The van der Waals surface area contributed by atoms with Crippen LogP contribution in [0.5, 0.6) is 0 Å². The summed E-state index contributed by atoms with van der Waals surface area (Å²) in [4.78, 5) is 15.3. The van der Waals surface area contributed by atoms with E-state index in [0.717, 1.165) is 5.56 Å². The molecule has 0 atom stereocenters. The molecule has 2 rings (SSSR count). The Labute approximate surface area is 70.1 Å². The lowest BCUT2D eigenvalue weighted by atomic mass is 10.1. The molecule has 0 saturated carbocycles. The largest absolute Gasteiger partial charge is 0.306 e. The highest BCUT2D eigenvalue weighted by Gasteiger charge is 2.23. The maximum absolute atomic E-state index is 11.2. The van der Waals surface area contributed by atoms with Gasteiger partial charge in [0.2, 0.25) is 0 Å². The van der Waals surface area contributed by atoms with E-state index in [1.807, 2.05) is 19.1 Å². The monoisotopic (exact) mass is 160 g/mol. The van der Waals surface area contributed by atoms with Gasteiger partial charge in [-0.1, -0.05) is 6.08 Å². The van der Waals surface area contributed by atoms with E-state index in [-0.39, 0.29) is 5.91 Å². The van der Waals surface area contributed by atoms with Gasteiger partial charge in [-0.2, -0.15) is 0 Å². The number of carbonyl (C=O) groups excluding carboxylic acids is 1. The molecule has 3 heteroatoms. The summed E-state index contributed by atoms with van der Waals surface area (Å²) < 4.78 is 0. The van der Waals surface area contributed by atoms with Crippen molar-refractivity contribution in [3.05, 3.63) is 30.0 Å². The molecule has 0 fully saturated rings. The number of nitrogens with zero attached hydrogens (tertiary/aromatic N) is 1. The molecule has 0 unspecified atom stereocenters. The molecule has 0 aromatic carbocycles. The van der Waals surface area contributed by atoms with E-state index in [2.05, 4.69) is 10.3 Å². The summed E-state index contributed by atoms with van der Waals surface area (Å²) >= 11 is 0. The molecule has 1 N–H and O–H groups in total. The van der Waals surface area contributed by atoms with Gasteiger partial charge in [0.05, 0.1) is 0 Å². The smallest absolute Gasteiger partial charge is 0.257 e. The van der Waals surface area contributed by atoms with Gasteiger partial charge in [-0.15, -0.1) is 0 Å². The van der Waals surface area contributed by atoms with Crippen molar-refractivity contribution in [2.24, 2.45) is 0 Å². The number of hydrogen-bond acceptors (Lipinski definition) is 2. The van der Waals surface area contributed by atoms with Crippen LogP contribution in [-0.4, -0.2) is 10.9 Å². The van der Waals surface area contributed by atoms with Crippen molar-refractivity contribution in [2.75, 3.05) is 5.32 Å². The highest BCUT2D eigenvalue weighted by molar-refractivity contribution is 6.30. The third-order valence-electron chi connectivity index (χ3n) is 1.86. The van der Waals surface area contributed by atoms with Crippen molar-refractivity contribution in [1.82, 2.24) is 4.98 Å². The van der Waals surface area contributed by atoms with Crippen LogP contribution in [0, 0.1) is 0 Å². The maximum atomic E-state index is 11.2. The number of allylic oxidation sites excluding steroid dienone is 1. The first-order valence-corrected chi connectivity index (χ1v) is 3.76. The van der Waals surface area contributed by atoms with E-state index in [0.29, 0.717) is 11.4 Å². The summed E-state index contributed by atoms with van der Waals surface area (Å²) in [6.45, 7) is 1.84. The first-order chi connectivity index (χ1) is 5.83. The number of aromatic nitrogens is 1. The van der Waals surface area contributed by atoms with Crippen LogP contribution in [0.1, 0.15) is 12.5 Å². The van der Waals surface area contributed by atoms with Crippen molar-refractivity contribution < 1.29 is 4.79 Å². The Bertz CT molecular complexity index is 369. The van der Waals surface area contributed by atoms with Gasteiger partial charge in [0, 0.05) is 17.3 Å². The van der Waals surface area contributed by atoms with Crippen LogP contribution < -0.4 is 5.32 Å². The Hall–Kier alpha value is -1.64. The van der Waals surface area contributed by atoms with E-state index < -0.39 is 0 Å². The topological polar surface area (TPSA) is 42.0 Å². The second-order valence-electron chi connectivity index (χ2n) is 2.56. The van der Waals surface area contributed by atoms with Gasteiger partial charge in [-0.05, 0) is 19.1 Å². The summed E-state index contributed by atoms with van der Waals surface area (Å²) in [5.74, 6) is 0.599. The van der Waals surface area contributed by atoms with Gasteiger partial charge in [0.1, 0.15) is 5.82 Å². The van der Waals surface area contributed by atoms with Crippen LogP contribution in [0.25, 0.3) is 5.57 Å². The quantitative estimate of drug-likeness (QED) is 0.583. The molecule has 0 spiro atoms. The fraction of sp³-hybridized carbons (Fsp3) is 0.111. The molecule has 1 aromatic heterocycles. The molecule has 3 nitrogen and oxygen atoms in total. The molecule has 12 heavy (non-hydrogen) atoms. The predicted molar refractivity (Wildman–Crippen MR) is 46.5 cm³/mol. The Morgan fingerprint density at radius 1 is 1.58 bits per heavy atom. The summed E-state index contributed by atoms with van der Waals surface area (Å²) in [6.07, 6.45) is 3.46. The summed E-state index contributed by atoms with van der Waals surface area (Å²) in [7, 11) is 0. The third-order valence-corrected chi connectivity index (χ3v) is 1.86. The Kier molecular flexibility index (Phi) is 1.43. The number of pyridine rings is 1. The number of fused-ring (bicyclic) bond motifs is 1. The molecule has 0 saturated heterocycles. The molecule has 0 radical (unpaired) electrons. The van der Waals surface area contributed by atoms with Gasteiger partial charge in [0.15, 0.2) is 0 Å². The molecule has 1 aliphatic heterocycles. The van der Waals surface area contributed by atoms with E-state index in [4.69, 9.17) is 0 Å². The molecule has 2 heterocycles. The fourth-order valence-electron chi connectivity index (χ4n) is 1.31. The summed E-state index contributed by atoms with van der Waals surface area (Å²) in [5, 5.41) is 2.68. The molecule has 0 bridgehead atoms. The number of rotatable bonds is 0. The molecular weight excluding hydrogens is 152 g/mol. The molecule has 1 amide bonds. The van der Waals surface area contributed by atoms with Crippen LogP contribution >= 0.6 is 0 Å². The van der Waals surface area contributed by atoms with Crippen LogP contribution in [-0.2, 0) is 4.79 Å². The summed E-state index contributed by atoms with van der Waals surface area (Å²) in [6, 6.07) is 3.71. The number of hydrogen-bond donors (Lipinski definition) is 1. The van der Waals surface area contributed by atoms with E-state index in [9.17, 15) is 4.79 Å². The molecule has 0 aliphatic carbocycles. The minimum Gasteiger partial charge on any atom is -0.306 e. The Balaban J connectivity index is 2.62. The standard InChI is InChI=1S/C9H8N2O/c1-2-6-7-4-3-5-10-8(7)11-9(6)12/h2-5H,1H3,(H,10,11,12)/b6-2-. The average molecular weight is 160 g/mol. The number of anilines is 1. The zero-order chi connectivity index (χ0) is 8.55. The fourth-order valence-corrected chi connectivity index (χ4v) is 1.31. The van der Waals surface area contributed by atoms with Gasteiger partial charge >= 0.3 is 0 Å². The average Bonchev–Trinajstić information content (AvgIpc) is 2.40. The Morgan fingerprint density at radius 2 is 2.42 bits per heavy atom. The van der Waals surface area contributed by atoms with Crippen LogP contribution in [0.2, 0.25) is 0 Å². The van der Waals surface area contributed by atoms with Crippen molar-refractivity contribution in [2.45, 2.75) is 6.92 Å². The second kappa shape index (κ2) is 2.44. The van der Waals surface area contributed by atoms with Gasteiger partial charge in [0.25, 0.3) is 5.91 Å². The van der Waals surface area contributed by atoms with E-state index in [1.54, 1.807) is 12.3 Å². The zero-order valence-corrected chi connectivity index (χ0v) is 6.66. The molecule has 1 aromatic rings. The summed E-state index contributed by atoms with van der Waals surface area (Å²) in [5.41, 5.74) is 1.60. The van der Waals surface area contributed by atoms with Gasteiger partial charge < -0.3 is 5.32 Å². The number of carbonyl (C=O) groups is 1. The zero-order valence-electron chi connectivity index (χ0n) is 6.66. The molecular formula is C9H8N2O. The van der Waals surface area contributed by atoms with E-state index in [1.165, 1.54) is 0 Å². The lowest BCUT2D eigenvalue weighted by molar-refractivity contribution is -0.110. The van der Waals surface area contributed by atoms with E-state index >= 15 is 0 Å². The third kappa shape index (κ3) is 0.830. The Morgan fingerprint density at radius 3 is 3.17 bits per heavy atom. The highest BCUT2D eigenvalue weighted by atomic mass is 16.2. The highest BCUT2D eigenvalue weighted by Crippen LogP contribution is 2.28. The van der Waals surface area contributed by atoms with Crippen molar-refractivity contribution in [1.29, 1.82) is 0 Å². The van der Waals surface area contributed by atoms with Gasteiger partial charge in [-0.3, -0.25) is 4.79 Å². The normalized spacial score (nSPS) is 17.8. The van der Waals surface area contributed by atoms with Gasteiger partial charge in [-0.25, -0.2) is 4.98 Å². The van der Waals surface area contributed by atoms with Crippen molar-refractivity contribution >= 4 is 17.3 Å². The molecule has 1 aliphatic rings. The van der Waals surface area contributed by atoms with Crippen LogP contribution in [0.15, 0.2) is 24.4 Å². The SMILES string of the molecule is C/C=C1\C(=O)Nc2ncccc21. The lowest BCUT2D eigenvalue weighted by Gasteiger charge is -1.92. The minimum absolute atomic E-state index is 0.0637. The first-order valence-electron chi connectivity index (χ1n) is 3.76. The first kappa shape index (κ1) is 7.03. The molecule has 60 valence electrons. The minimum atomic E-state index is -0.0637. The van der Waals surface area contributed by atoms with Crippen molar-refractivity contribution in [3.8, 4) is 0 Å². The van der Waals surface area contributed by atoms with Crippen LogP contribution in [0.4, 0.5) is 5.82 Å². The second-order valence-corrected chi connectivity index (χ2v) is 2.56. The number of amides is 1. The number of nitrogens with one attached hydrogen (secondary N) is 1.